The Hall–Kier alpha value is -0.870. The van der Waals surface area contributed by atoms with Gasteiger partial charge in [0.25, 0.3) is 0 Å². The maximum absolute atomic E-state index is 6.31. The van der Waals surface area contributed by atoms with E-state index in [1.165, 1.54) is 4.88 Å². The number of halogens is 1. The Morgan fingerprint density at radius 2 is 2.18 bits per heavy atom. The van der Waals surface area contributed by atoms with Crippen LogP contribution in [-0.2, 0) is 6.42 Å². The van der Waals surface area contributed by atoms with E-state index in [1.807, 2.05) is 31.2 Å². The number of hydrogen-bond acceptors (Lipinski definition) is 3. The lowest BCUT2D eigenvalue weighted by atomic mass is 10.0. The van der Waals surface area contributed by atoms with Crippen LogP contribution in [0.4, 0.5) is 0 Å². The molecule has 0 saturated heterocycles. The van der Waals surface area contributed by atoms with Crippen LogP contribution in [0.15, 0.2) is 35.7 Å². The molecule has 2 rings (SSSR count). The van der Waals surface area contributed by atoms with Gasteiger partial charge in [0, 0.05) is 16.3 Å². The number of hydrazine groups is 1. The summed E-state index contributed by atoms with van der Waals surface area (Å²) in [4.78, 5) is 1.30. The molecule has 0 saturated carbocycles. The first kappa shape index (κ1) is 12.6. The summed E-state index contributed by atoms with van der Waals surface area (Å²) < 4.78 is 0. The number of thiophene rings is 1. The van der Waals surface area contributed by atoms with E-state index in [-0.39, 0.29) is 6.04 Å². The molecule has 1 heterocycles. The number of benzene rings is 1. The average Bonchev–Trinajstić information content (AvgIpc) is 2.83. The molecule has 0 aliphatic carbocycles. The fraction of sp³-hybridized carbons (Fsp3) is 0.231. The summed E-state index contributed by atoms with van der Waals surface area (Å²) in [6.07, 6.45) is 0.858. The Kier molecular flexibility index (Phi) is 4.18. The van der Waals surface area contributed by atoms with E-state index in [0.29, 0.717) is 0 Å². The van der Waals surface area contributed by atoms with Gasteiger partial charge in [-0.25, -0.2) is 0 Å². The van der Waals surface area contributed by atoms with Crippen LogP contribution in [0.25, 0.3) is 0 Å². The van der Waals surface area contributed by atoms with Crippen LogP contribution in [0.5, 0.6) is 0 Å². The highest BCUT2D eigenvalue weighted by atomic mass is 35.5. The lowest BCUT2D eigenvalue weighted by Crippen LogP contribution is -2.29. The van der Waals surface area contributed by atoms with E-state index < -0.39 is 0 Å². The van der Waals surface area contributed by atoms with Crippen molar-refractivity contribution in [2.24, 2.45) is 5.84 Å². The van der Waals surface area contributed by atoms with Gasteiger partial charge in [0.05, 0.1) is 6.04 Å². The van der Waals surface area contributed by atoms with Crippen molar-refractivity contribution < 1.29 is 0 Å². The minimum Gasteiger partial charge on any atom is -0.271 e. The van der Waals surface area contributed by atoms with E-state index >= 15 is 0 Å². The zero-order valence-corrected chi connectivity index (χ0v) is 11.2. The Morgan fingerprint density at radius 1 is 1.35 bits per heavy atom. The van der Waals surface area contributed by atoms with Gasteiger partial charge in [-0.05, 0) is 29.5 Å². The molecule has 0 aliphatic rings. The Bertz CT molecular complexity index is 482. The highest BCUT2D eigenvalue weighted by Crippen LogP contribution is 2.28. The van der Waals surface area contributed by atoms with Crippen molar-refractivity contribution in [3.05, 3.63) is 56.7 Å². The molecule has 0 radical (unpaired) electrons. The van der Waals surface area contributed by atoms with E-state index in [0.717, 1.165) is 22.6 Å². The molecule has 1 aromatic carbocycles. The van der Waals surface area contributed by atoms with Crippen molar-refractivity contribution in [2.45, 2.75) is 19.4 Å². The van der Waals surface area contributed by atoms with Crippen LogP contribution in [0.1, 0.15) is 22.0 Å². The van der Waals surface area contributed by atoms with Gasteiger partial charge in [-0.3, -0.25) is 11.3 Å². The molecule has 0 amide bonds. The van der Waals surface area contributed by atoms with Crippen LogP contribution in [0.3, 0.4) is 0 Å². The second-order valence-electron chi connectivity index (χ2n) is 3.98. The maximum Gasteiger partial charge on any atom is 0.0522 e. The van der Waals surface area contributed by atoms with Gasteiger partial charge in [-0.2, -0.15) is 0 Å². The van der Waals surface area contributed by atoms with E-state index in [1.54, 1.807) is 11.3 Å². The minimum atomic E-state index is 0.0565. The van der Waals surface area contributed by atoms with Gasteiger partial charge >= 0.3 is 0 Å². The van der Waals surface area contributed by atoms with Crippen molar-refractivity contribution in [3.8, 4) is 0 Å². The third-order valence-electron chi connectivity index (χ3n) is 2.78. The molecular weight excluding hydrogens is 252 g/mol. The van der Waals surface area contributed by atoms with Crippen molar-refractivity contribution >= 4 is 22.9 Å². The zero-order valence-electron chi connectivity index (χ0n) is 9.61. The van der Waals surface area contributed by atoms with Crippen LogP contribution in [0, 0.1) is 6.92 Å². The fourth-order valence-corrected chi connectivity index (χ4v) is 2.84. The van der Waals surface area contributed by atoms with Crippen LogP contribution >= 0.6 is 22.9 Å². The highest BCUT2D eigenvalue weighted by molar-refractivity contribution is 7.09. The molecule has 17 heavy (non-hydrogen) atoms. The van der Waals surface area contributed by atoms with Gasteiger partial charge in [0.2, 0.25) is 0 Å². The molecule has 1 unspecified atom stereocenters. The molecule has 0 fully saturated rings. The smallest absolute Gasteiger partial charge is 0.0522 e. The lowest BCUT2D eigenvalue weighted by Gasteiger charge is -2.18. The molecule has 1 aromatic heterocycles. The van der Waals surface area contributed by atoms with Gasteiger partial charge in [0.1, 0.15) is 0 Å². The Labute approximate surface area is 110 Å². The molecular formula is C13H15ClN2S. The van der Waals surface area contributed by atoms with Crippen molar-refractivity contribution in [1.82, 2.24) is 5.43 Å². The number of aryl methyl sites for hydroxylation is 1. The topological polar surface area (TPSA) is 38.0 Å². The molecule has 3 N–H and O–H groups in total. The predicted octanol–water partition coefficient (Wildman–Crippen LogP) is 3.46. The van der Waals surface area contributed by atoms with E-state index in [4.69, 9.17) is 17.4 Å². The Balaban J connectivity index is 2.26. The van der Waals surface area contributed by atoms with Crippen molar-refractivity contribution in [3.63, 3.8) is 0 Å². The third-order valence-corrected chi connectivity index (χ3v) is 4.20. The van der Waals surface area contributed by atoms with Crippen LogP contribution < -0.4 is 11.3 Å². The van der Waals surface area contributed by atoms with Crippen LogP contribution in [0.2, 0.25) is 5.02 Å². The first-order valence-corrected chi connectivity index (χ1v) is 6.71. The second kappa shape index (κ2) is 5.65. The predicted molar refractivity (Wildman–Crippen MR) is 74.3 cm³/mol. The summed E-state index contributed by atoms with van der Waals surface area (Å²) in [5.74, 6) is 5.64. The van der Waals surface area contributed by atoms with Gasteiger partial charge in [-0.15, -0.1) is 11.3 Å². The largest absolute Gasteiger partial charge is 0.271 e. The number of hydrogen-bond donors (Lipinski definition) is 2. The number of rotatable bonds is 4. The van der Waals surface area contributed by atoms with E-state index in [2.05, 4.69) is 16.9 Å². The third kappa shape index (κ3) is 2.87. The summed E-state index contributed by atoms with van der Waals surface area (Å²) >= 11 is 8.05. The molecule has 0 bridgehead atoms. The fourth-order valence-electron chi connectivity index (χ4n) is 1.83. The standard InChI is InChI=1S/C13H15ClN2S/c1-9-4-2-6-11(13(9)14)12(16-15)8-10-5-3-7-17-10/h2-7,12,16H,8,15H2,1H3. The second-order valence-corrected chi connectivity index (χ2v) is 5.39. The van der Waals surface area contributed by atoms with Gasteiger partial charge in [-0.1, -0.05) is 35.9 Å². The normalized spacial score (nSPS) is 12.6. The first-order valence-electron chi connectivity index (χ1n) is 5.46. The zero-order chi connectivity index (χ0) is 12.3. The van der Waals surface area contributed by atoms with Gasteiger partial charge < -0.3 is 0 Å². The van der Waals surface area contributed by atoms with E-state index in [9.17, 15) is 0 Å². The van der Waals surface area contributed by atoms with Gasteiger partial charge in [0.15, 0.2) is 0 Å². The van der Waals surface area contributed by atoms with Crippen molar-refractivity contribution in [1.29, 1.82) is 0 Å². The summed E-state index contributed by atoms with van der Waals surface area (Å²) in [5.41, 5.74) is 4.98. The molecule has 0 spiro atoms. The lowest BCUT2D eigenvalue weighted by molar-refractivity contribution is 0.555. The molecule has 90 valence electrons. The summed E-state index contributed by atoms with van der Waals surface area (Å²) in [6, 6.07) is 10.2. The number of nitrogens with two attached hydrogens (primary N) is 1. The van der Waals surface area contributed by atoms with Crippen LogP contribution in [-0.4, -0.2) is 0 Å². The molecule has 2 aromatic rings. The molecule has 2 nitrogen and oxygen atoms in total. The molecule has 0 aliphatic heterocycles. The summed E-state index contributed by atoms with van der Waals surface area (Å²) in [6.45, 7) is 2.00. The summed E-state index contributed by atoms with van der Waals surface area (Å²) in [7, 11) is 0. The molecule has 4 heteroatoms. The maximum atomic E-state index is 6.31. The monoisotopic (exact) mass is 266 g/mol. The van der Waals surface area contributed by atoms with Crippen molar-refractivity contribution in [2.75, 3.05) is 0 Å². The quantitative estimate of drug-likeness (QED) is 0.657. The Morgan fingerprint density at radius 3 is 2.82 bits per heavy atom. The number of nitrogens with one attached hydrogen (secondary N) is 1. The highest BCUT2D eigenvalue weighted by Gasteiger charge is 2.15. The molecule has 1 atom stereocenters. The summed E-state index contributed by atoms with van der Waals surface area (Å²) in [5, 5.41) is 2.87. The minimum absolute atomic E-state index is 0.0565. The SMILES string of the molecule is Cc1cccc(C(Cc2cccs2)NN)c1Cl. The first-order chi connectivity index (χ1) is 8.22. The average molecular weight is 267 g/mol.